The van der Waals surface area contributed by atoms with Crippen LogP contribution < -0.4 is 19.8 Å². The highest BCUT2D eigenvalue weighted by Gasteiger charge is 2.49. The number of alkyl halides is 2. The van der Waals surface area contributed by atoms with Crippen LogP contribution in [0, 0.1) is 17.1 Å². The number of amides is 3. The van der Waals surface area contributed by atoms with Crippen molar-refractivity contribution in [3.63, 3.8) is 0 Å². The molecule has 2 N–H and O–H groups in total. The third-order valence-corrected chi connectivity index (χ3v) is 9.97. The number of nitrogens with zero attached hydrogens (tertiary/aromatic N) is 4. The fourth-order valence-electron chi connectivity index (χ4n) is 5.83. The van der Waals surface area contributed by atoms with Crippen molar-refractivity contribution in [1.82, 2.24) is 15.0 Å². The van der Waals surface area contributed by atoms with Crippen LogP contribution in [0.3, 0.4) is 0 Å². The second-order valence-corrected chi connectivity index (χ2v) is 15.0. The first-order chi connectivity index (χ1) is 22.9. The van der Waals surface area contributed by atoms with Crippen molar-refractivity contribution in [3.05, 3.63) is 82.8 Å². The zero-order valence-corrected chi connectivity index (χ0v) is 28.2. The molecule has 0 radical (unpaired) electrons. The molecule has 2 aromatic carbocycles. The van der Waals surface area contributed by atoms with Crippen LogP contribution in [-0.2, 0) is 24.4 Å². The Morgan fingerprint density at radius 1 is 1.14 bits per heavy atom. The maximum Gasteiger partial charge on any atom is 0.252 e. The van der Waals surface area contributed by atoms with Crippen molar-refractivity contribution >= 4 is 50.9 Å². The van der Waals surface area contributed by atoms with Gasteiger partial charge in [-0.15, -0.1) is 0 Å². The molecular formula is C33H32ClF3N6O5S. The first-order valence-corrected chi connectivity index (χ1v) is 17.0. The molecule has 1 aromatic heterocycles. The third-order valence-electron chi connectivity index (χ3n) is 7.88. The number of rotatable bonds is 9. The van der Waals surface area contributed by atoms with E-state index in [1.54, 1.807) is 26.8 Å². The van der Waals surface area contributed by atoms with Crippen LogP contribution in [-0.4, -0.2) is 54.7 Å². The Labute approximate surface area is 286 Å². The average molecular weight is 717 g/mol. The topological polar surface area (TPSA) is 153 Å². The highest BCUT2D eigenvalue weighted by molar-refractivity contribution is 7.89. The summed E-state index contributed by atoms with van der Waals surface area (Å²) in [4.78, 5) is 47.7. The highest BCUT2D eigenvalue weighted by atomic mass is 35.5. The van der Waals surface area contributed by atoms with E-state index in [0.717, 1.165) is 28.0 Å². The molecule has 2 fully saturated rings. The Hall–Kier alpha value is -4.52. The Balaban J connectivity index is 1.70. The average Bonchev–Trinajstić information content (AvgIpc) is 3.38. The van der Waals surface area contributed by atoms with Gasteiger partial charge < -0.3 is 5.32 Å². The molecule has 2 unspecified atom stereocenters. The number of halogens is 4. The van der Waals surface area contributed by atoms with Crippen LogP contribution >= 0.6 is 11.6 Å². The van der Waals surface area contributed by atoms with Crippen molar-refractivity contribution in [1.29, 1.82) is 5.26 Å². The zero-order chi connectivity index (χ0) is 35.9. The molecule has 1 aliphatic carbocycles. The Morgan fingerprint density at radius 3 is 2.47 bits per heavy atom. The van der Waals surface area contributed by atoms with Crippen molar-refractivity contribution in [2.24, 2.45) is 0 Å². The lowest BCUT2D eigenvalue weighted by Gasteiger charge is -2.39. The molecule has 16 heteroatoms. The largest absolute Gasteiger partial charge is 0.351 e. The van der Waals surface area contributed by atoms with Crippen molar-refractivity contribution in [3.8, 4) is 6.07 Å². The van der Waals surface area contributed by atoms with E-state index in [0.29, 0.717) is 0 Å². The van der Waals surface area contributed by atoms with E-state index in [1.165, 1.54) is 36.5 Å². The fraction of sp³-hybridized carbons (Fsp3) is 0.364. The number of sulfonamides is 1. The zero-order valence-electron chi connectivity index (χ0n) is 26.6. The molecule has 258 valence electrons. The second kappa shape index (κ2) is 13.4. The number of hydrogen-bond acceptors (Lipinski definition) is 7. The van der Waals surface area contributed by atoms with E-state index in [1.807, 2.05) is 6.07 Å². The molecule has 3 amide bonds. The van der Waals surface area contributed by atoms with Crippen LogP contribution in [0.4, 0.5) is 24.7 Å². The number of anilines is 2. The molecule has 0 spiro atoms. The molecular weight excluding hydrogens is 685 g/mol. The van der Waals surface area contributed by atoms with E-state index in [2.05, 4.69) is 15.0 Å². The molecule has 1 saturated heterocycles. The summed E-state index contributed by atoms with van der Waals surface area (Å²) in [7, 11) is -4.40. The van der Waals surface area contributed by atoms with Gasteiger partial charge in [0.05, 0.1) is 16.5 Å². The number of carbonyl (C=O) groups is 3. The second-order valence-electron chi connectivity index (χ2n) is 12.9. The molecule has 3 aromatic rings. The first-order valence-electron chi connectivity index (χ1n) is 15.2. The van der Waals surface area contributed by atoms with Crippen molar-refractivity contribution in [2.75, 3.05) is 9.80 Å². The van der Waals surface area contributed by atoms with Gasteiger partial charge >= 0.3 is 0 Å². The maximum atomic E-state index is 15.4. The van der Waals surface area contributed by atoms with Gasteiger partial charge in [-0.2, -0.15) is 5.26 Å². The number of pyridine rings is 1. The number of carbonyl (C=O) groups excluding carboxylic acids is 3. The number of hydrogen-bond donors (Lipinski definition) is 2. The minimum absolute atomic E-state index is 0.0132. The van der Waals surface area contributed by atoms with E-state index < -0.39 is 86.6 Å². The van der Waals surface area contributed by atoms with E-state index in [9.17, 15) is 36.8 Å². The minimum atomic E-state index is -4.40. The summed E-state index contributed by atoms with van der Waals surface area (Å²) in [5.74, 6) is -6.56. The lowest BCUT2D eigenvalue weighted by atomic mass is 9.87. The summed E-state index contributed by atoms with van der Waals surface area (Å²) >= 11 is 6.55. The van der Waals surface area contributed by atoms with Crippen molar-refractivity contribution in [2.45, 2.75) is 80.9 Å². The third kappa shape index (κ3) is 7.87. The molecule has 49 heavy (non-hydrogen) atoms. The van der Waals surface area contributed by atoms with E-state index in [-0.39, 0.29) is 34.8 Å². The summed E-state index contributed by atoms with van der Waals surface area (Å²) in [5.41, 5.74) is -1.22. The van der Waals surface area contributed by atoms with Crippen LogP contribution in [0.1, 0.15) is 63.6 Å². The number of aromatic nitrogens is 1. The summed E-state index contributed by atoms with van der Waals surface area (Å²) in [6.07, 6.45) is -0.270. The van der Waals surface area contributed by atoms with Gasteiger partial charge in [0.15, 0.2) is 0 Å². The molecule has 2 aliphatic rings. The fourth-order valence-corrected chi connectivity index (χ4v) is 7.54. The summed E-state index contributed by atoms with van der Waals surface area (Å²) in [6, 6.07) is 9.04. The number of benzene rings is 2. The monoisotopic (exact) mass is 716 g/mol. The molecule has 2 atom stereocenters. The molecule has 2 heterocycles. The predicted octanol–water partition coefficient (Wildman–Crippen LogP) is 5.01. The molecule has 11 nitrogen and oxygen atoms in total. The van der Waals surface area contributed by atoms with Gasteiger partial charge in [-0.25, -0.2) is 31.3 Å². The number of nitriles is 1. The van der Waals surface area contributed by atoms with Gasteiger partial charge in [-0.1, -0.05) is 29.8 Å². The van der Waals surface area contributed by atoms with Gasteiger partial charge in [0.1, 0.15) is 23.7 Å². The standard InChI is InChI=1S/C33H32ClF3N6O5S/c1-32(2,3)41-49(47,48)23-14-20(35)13-22(15-23)42(31(46)26-8-9-28(44)43(26)27-12-19(18-38)10-11-39-27)29(24-6-4-5-7-25(24)34)30(45)40-21-16-33(36,37)17-21/h4-7,10-15,21,26,29,41H,8-9,16-17H2,1-3H3,(H,40,45). The number of nitrogens with one attached hydrogen (secondary N) is 2. The van der Waals surface area contributed by atoms with Crippen LogP contribution in [0.25, 0.3) is 0 Å². The Morgan fingerprint density at radius 2 is 1.84 bits per heavy atom. The Bertz CT molecular complexity index is 1960. The normalized spacial score (nSPS) is 18.4. The minimum Gasteiger partial charge on any atom is -0.351 e. The summed E-state index contributed by atoms with van der Waals surface area (Å²) < 4.78 is 72.2. The lowest BCUT2D eigenvalue weighted by Crippen LogP contribution is -2.56. The molecule has 1 aliphatic heterocycles. The van der Waals surface area contributed by atoms with Gasteiger partial charge in [0.2, 0.25) is 21.8 Å². The Kier molecular flexibility index (Phi) is 9.79. The van der Waals surface area contributed by atoms with Crippen LogP contribution in [0.2, 0.25) is 5.02 Å². The van der Waals surface area contributed by atoms with Crippen LogP contribution in [0.5, 0.6) is 0 Å². The van der Waals surface area contributed by atoms with Gasteiger partial charge in [0, 0.05) is 53.3 Å². The van der Waals surface area contributed by atoms with Gasteiger partial charge in [0.25, 0.3) is 11.8 Å². The predicted molar refractivity (Wildman–Crippen MR) is 174 cm³/mol. The quantitative estimate of drug-likeness (QED) is 0.316. The SMILES string of the molecule is CC(C)(C)NS(=O)(=O)c1cc(F)cc(N(C(=O)C2CCC(=O)N2c2cc(C#N)ccn2)C(C(=O)NC2CC(F)(F)C2)c2ccccc2Cl)c1. The van der Waals surface area contributed by atoms with Gasteiger partial charge in [-0.05, 0) is 63.6 Å². The smallest absolute Gasteiger partial charge is 0.252 e. The summed E-state index contributed by atoms with van der Waals surface area (Å²) in [5, 5.41) is 11.9. The van der Waals surface area contributed by atoms with E-state index in [4.69, 9.17) is 11.6 Å². The van der Waals surface area contributed by atoms with Crippen LogP contribution in [0.15, 0.2) is 65.7 Å². The molecule has 0 bridgehead atoms. The van der Waals surface area contributed by atoms with Crippen molar-refractivity contribution < 1.29 is 36.0 Å². The molecule has 1 saturated carbocycles. The summed E-state index contributed by atoms with van der Waals surface area (Å²) in [6.45, 7) is 4.72. The van der Waals surface area contributed by atoms with Gasteiger partial charge in [-0.3, -0.25) is 24.2 Å². The first kappa shape index (κ1) is 35.8. The van der Waals surface area contributed by atoms with E-state index >= 15 is 4.39 Å². The lowest BCUT2D eigenvalue weighted by molar-refractivity contribution is -0.133. The molecule has 5 rings (SSSR count). The highest BCUT2D eigenvalue weighted by Crippen LogP contribution is 2.40. The maximum absolute atomic E-state index is 15.4.